The standard InChI is InChI=1S/C23H26ClN5OS/c24-20-10-8-19(9-11-20)22-26-27-23(31)29(22)16-21(30)25-14-17-4-6-18(7-5-17)15-28-12-2-1-3-13-28/h4-11H,1-3,12-16H2,(H,25,30)(H,27,31). The topological polar surface area (TPSA) is 66.0 Å². The van der Waals surface area contributed by atoms with E-state index >= 15 is 0 Å². The van der Waals surface area contributed by atoms with Crippen molar-refractivity contribution in [3.05, 3.63) is 69.5 Å². The zero-order valence-corrected chi connectivity index (χ0v) is 18.9. The molecule has 1 saturated heterocycles. The number of likely N-dealkylation sites (tertiary alicyclic amines) is 1. The van der Waals surface area contributed by atoms with E-state index in [1.807, 2.05) is 12.1 Å². The number of rotatable bonds is 7. The summed E-state index contributed by atoms with van der Waals surface area (Å²) in [5, 5.41) is 10.6. The molecular formula is C23H26ClN5OS. The van der Waals surface area contributed by atoms with Gasteiger partial charge in [0.25, 0.3) is 0 Å². The average molecular weight is 456 g/mol. The Morgan fingerprint density at radius 3 is 2.42 bits per heavy atom. The normalized spacial score (nSPS) is 14.5. The second-order valence-electron chi connectivity index (χ2n) is 7.88. The van der Waals surface area contributed by atoms with E-state index < -0.39 is 0 Å². The largest absolute Gasteiger partial charge is 0.350 e. The molecule has 0 aliphatic carbocycles. The van der Waals surface area contributed by atoms with Gasteiger partial charge in [0.1, 0.15) is 6.54 Å². The molecule has 3 aromatic rings. The fourth-order valence-corrected chi connectivity index (χ4v) is 4.14. The monoisotopic (exact) mass is 455 g/mol. The first kappa shape index (κ1) is 21.7. The maximum Gasteiger partial charge on any atom is 0.240 e. The molecule has 162 valence electrons. The number of nitrogens with zero attached hydrogens (tertiary/aromatic N) is 3. The van der Waals surface area contributed by atoms with Crippen LogP contribution in [0.3, 0.4) is 0 Å². The van der Waals surface area contributed by atoms with Crippen molar-refractivity contribution in [2.24, 2.45) is 0 Å². The quantitative estimate of drug-likeness (QED) is 0.512. The van der Waals surface area contributed by atoms with Crippen LogP contribution in [-0.2, 0) is 24.4 Å². The zero-order valence-electron chi connectivity index (χ0n) is 17.3. The van der Waals surface area contributed by atoms with Crippen molar-refractivity contribution < 1.29 is 4.79 Å². The number of hydrogen-bond acceptors (Lipinski definition) is 4. The zero-order chi connectivity index (χ0) is 21.6. The molecule has 1 aromatic heterocycles. The number of aromatic nitrogens is 3. The molecule has 0 atom stereocenters. The molecule has 1 aliphatic heterocycles. The first-order valence-corrected chi connectivity index (χ1v) is 11.3. The summed E-state index contributed by atoms with van der Waals surface area (Å²) in [5.41, 5.74) is 3.23. The van der Waals surface area contributed by atoms with E-state index in [0.717, 1.165) is 17.7 Å². The maximum atomic E-state index is 12.6. The molecule has 2 heterocycles. The lowest BCUT2D eigenvalue weighted by Gasteiger charge is -2.26. The van der Waals surface area contributed by atoms with Crippen LogP contribution in [0.1, 0.15) is 30.4 Å². The number of hydrogen-bond donors (Lipinski definition) is 2. The van der Waals surface area contributed by atoms with E-state index in [1.165, 1.54) is 37.9 Å². The fraction of sp³-hybridized carbons (Fsp3) is 0.348. The van der Waals surface area contributed by atoms with E-state index in [1.54, 1.807) is 16.7 Å². The van der Waals surface area contributed by atoms with Gasteiger partial charge < -0.3 is 5.32 Å². The third-order valence-electron chi connectivity index (χ3n) is 5.53. The summed E-state index contributed by atoms with van der Waals surface area (Å²) in [6.07, 6.45) is 3.94. The van der Waals surface area contributed by atoms with Gasteiger partial charge in [-0.2, -0.15) is 5.10 Å². The molecule has 0 saturated carbocycles. The molecule has 2 N–H and O–H groups in total. The third-order valence-corrected chi connectivity index (χ3v) is 6.09. The van der Waals surface area contributed by atoms with E-state index in [4.69, 9.17) is 23.8 Å². The molecule has 0 unspecified atom stereocenters. The highest BCUT2D eigenvalue weighted by atomic mass is 35.5. The molecule has 1 amide bonds. The maximum absolute atomic E-state index is 12.6. The van der Waals surface area contributed by atoms with Gasteiger partial charge in [-0.05, 0) is 73.5 Å². The number of piperidine rings is 1. The predicted octanol–water partition coefficient (Wildman–Crippen LogP) is 4.56. The highest BCUT2D eigenvalue weighted by Crippen LogP contribution is 2.20. The van der Waals surface area contributed by atoms with Crippen molar-refractivity contribution in [3.63, 3.8) is 0 Å². The molecule has 0 radical (unpaired) electrons. The number of carbonyl (C=O) groups is 1. The summed E-state index contributed by atoms with van der Waals surface area (Å²) in [6.45, 7) is 3.95. The van der Waals surface area contributed by atoms with E-state index in [0.29, 0.717) is 22.2 Å². The summed E-state index contributed by atoms with van der Waals surface area (Å²) >= 11 is 11.3. The van der Waals surface area contributed by atoms with Crippen LogP contribution in [0.25, 0.3) is 11.4 Å². The van der Waals surface area contributed by atoms with Crippen molar-refractivity contribution in [2.45, 2.75) is 38.9 Å². The second-order valence-corrected chi connectivity index (χ2v) is 8.70. The van der Waals surface area contributed by atoms with Gasteiger partial charge in [-0.1, -0.05) is 42.3 Å². The number of halogens is 1. The van der Waals surface area contributed by atoms with Gasteiger partial charge in [-0.15, -0.1) is 0 Å². The van der Waals surface area contributed by atoms with Crippen molar-refractivity contribution in [1.82, 2.24) is 25.0 Å². The number of H-pyrrole nitrogens is 1. The van der Waals surface area contributed by atoms with Crippen LogP contribution in [0, 0.1) is 4.77 Å². The lowest BCUT2D eigenvalue weighted by atomic mass is 10.1. The van der Waals surface area contributed by atoms with E-state index in [-0.39, 0.29) is 12.5 Å². The molecular weight excluding hydrogens is 430 g/mol. The number of benzene rings is 2. The van der Waals surface area contributed by atoms with Gasteiger partial charge in [-0.3, -0.25) is 19.4 Å². The molecule has 1 fully saturated rings. The van der Waals surface area contributed by atoms with Crippen LogP contribution in [0.4, 0.5) is 0 Å². The SMILES string of the molecule is O=C(Cn1c(-c2ccc(Cl)cc2)n[nH]c1=S)NCc1ccc(CN2CCCCC2)cc1. The minimum Gasteiger partial charge on any atom is -0.350 e. The van der Waals surface area contributed by atoms with E-state index in [2.05, 4.69) is 44.7 Å². The number of aromatic amines is 1. The summed E-state index contributed by atoms with van der Waals surface area (Å²) in [6, 6.07) is 15.8. The highest BCUT2D eigenvalue weighted by molar-refractivity contribution is 7.71. The Labute approximate surface area is 192 Å². The predicted molar refractivity (Wildman–Crippen MR) is 125 cm³/mol. The van der Waals surface area contributed by atoms with Crippen LogP contribution in [0.15, 0.2) is 48.5 Å². The molecule has 31 heavy (non-hydrogen) atoms. The Hall–Kier alpha value is -2.48. The Morgan fingerprint density at radius 2 is 1.71 bits per heavy atom. The summed E-state index contributed by atoms with van der Waals surface area (Å²) in [5.74, 6) is 0.490. The average Bonchev–Trinajstić information content (AvgIpc) is 3.14. The van der Waals surface area contributed by atoms with Gasteiger partial charge in [0.15, 0.2) is 10.6 Å². The van der Waals surface area contributed by atoms with Crippen LogP contribution < -0.4 is 5.32 Å². The van der Waals surface area contributed by atoms with Crippen LogP contribution in [-0.4, -0.2) is 38.7 Å². The van der Waals surface area contributed by atoms with Crippen molar-refractivity contribution >= 4 is 29.7 Å². The Balaban J connectivity index is 1.33. The molecule has 4 rings (SSSR count). The van der Waals surface area contributed by atoms with Crippen LogP contribution >= 0.6 is 23.8 Å². The second kappa shape index (κ2) is 10.2. The van der Waals surface area contributed by atoms with Gasteiger partial charge in [0.2, 0.25) is 5.91 Å². The first-order chi connectivity index (χ1) is 15.1. The van der Waals surface area contributed by atoms with Crippen LogP contribution in [0.5, 0.6) is 0 Å². The summed E-state index contributed by atoms with van der Waals surface area (Å²) in [7, 11) is 0. The van der Waals surface area contributed by atoms with Gasteiger partial charge in [0, 0.05) is 23.7 Å². The molecule has 8 heteroatoms. The van der Waals surface area contributed by atoms with Crippen molar-refractivity contribution in [1.29, 1.82) is 0 Å². The molecule has 1 aliphatic rings. The lowest BCUT2D eigenvalue weighted by molar-refractivity contribution is -0.121. The smallest absolute Gasteiger partial charge is 0.240 e. The molecule has 6 nitrogen and oxygen atoms in total. The number of amides is 1. The molecule has 0 spiro atoms. The third kappa shape index (κ3) is 5.81. The van der Waals surface area contributed by atoms with E-state index in [9.17, 15) is 4.79 Å². The number of nitrogens with one attached hydrogen (secondary N) is 2. The lowest BCUT2D eigenvalue weighted by Crippen LogP contribution is -2.29. The summed E-state index contributed by atoms with van der Waals surface area (Å²) in [4.78, 5) is 15.1. The Kier molecular flexibility index (Phi) is 7.17. The minimum atomic E-state index is -0.120. The highest BCUT2D eigenvalue weighted by Gasteiger charge is 2.13. The summed E-state index contributed by atoms with van der Waals surface area (Å²) < 4.78 is 2.09. The Bertz CT molecular complexity index is 1070. The first-order valence-electron chi connectivity index (χ1n) is 10.6. The van der Waals surface area contributed by atoms with Gasteiger partial charge in [0.05, 0.1) is 0 Å². The Morgan fingerprint density at radius 1 is 1.03 bits per heavy atom. The van der Waals surface area contributed by atoms with Crippen LogP contribution in [0.2, 0.25) is 5.02 Å². The number of carbonyl (C=O) groups excluding carboxylic acids is 1. The van der Waals surface area contributed by atoms with Crippen molar-refractivity contribution in [3.8, 4) is 11.4 Å². The van der Waals surface area contributed by atoms with Gasteiger partial charge >= 0.3 is 0 Å². The molecule has 2 aromatic carbocycles. The molecule has 0 bridgehead atoms. The van der Waals surface area contributed by atoms with Crippen molar-refractivity contribution in [2.75, 3.05) is 13.1 Å². The fourth-order valence-electron chi connectivity index (χ4n) is 3.82. The van der Waals surface area contributed by atoms with Gasteiger partial charge in [-0.25, -0.2) is 0 Å². The minimum absolute atomic E-state index is 0.0976.